The summed E-state index contributed by atoms with van der Waals surface area (Å²) in [4.78, 5) is 38.5. The summed E-state index contributed by atoms with van der Waals surface area (Å²) in [6, 6.07) is 5.05. The minimum Gasteiger partial charge on any atom is -0.338 e. The topological polar surface area (TPSA) is 69.7 Å². The first-order chi connectivity index (χ1) is 10.6. The zero-order valence-corrected chi connectivity index (χ0v) is 11.9. The third-order valence-electron chi connectivity index (χ3n) is 4.07. The monoisotopic (exact) mass is 305 g/mol. The molecule has 2 fully saturated rings. The number of imide groups is 1. The number of piperidine rings is 1. The van der Waals surface area contributed by atoms with Gasteiger partial charge < -0.3 is 10.2 Å². The normalized spacial score (nSPS) is 19.5. The molecule has 22 heavy (non-hydrogen) atoms. The molecular weight excluding hydrogens is 289 g/mol. The maximum Gasteiger partial charge on any atom is 0.324 e. The van der Waals surface area contributed by atoms with Crippen LogP contribution >= 0.6 is 0 Å². The molecule has 1 N–H and O–H groups in total. The third-order valence-corrected chi connectivity index (χ3v) is 4.07. The van der Waals surface area contributed by atoms with Crippen molar-refractivity contribution in [2.45, 2.75) is 18.9 Å². The van der Waals surface area contributed by atoms with E-state index in [1.807, 2.05) is 0 Å². The predicted molar refractivity (Wildman–Crippen MR) is 75.6 cm³/mol. The standard InChI is InChI=1S/C15H16FN3O3/c16-11-3-1-2-10(8-11)14(21)18-6-4-12(5-7-18)19-13(20)9-17-15(19)22/h1-3,8,12H,4-7,9H2,(H,17,22). The predicted octanol–water partition coefficient (Wildman–Crippen LogP) is 0.982. The summed E-state index contributed by atoms with van der Waals surface area (Å²) >= 11 is 0. The minimum atomic E-state index is -0.444. The Labute approximate surface area is 126 Å². The molecular formula is C15H16FN3O3. The molecule has 0 spiro atoms. The van der Waals surface area contributed by atoms with Crippen LogP contribution in [0.4, 0.5) is 9.18 Å². The van der Waals surface area contributed by atoms with E-state index in [9.17, 15) is 18.8 Å². The van der Waals surface area contributed by atoms with Crippen LogP contribution in [0, 0.1) is 5.82 Å². The molecule has 1 aromatic carbocycles. The zero-order chi connectivity index (χ0) is 15.7. The van der Waals surface area contributed by atoms with Crippen molar-refractivity contribution in [2.24, 2.45) is 0 Å². The Kier molecular flexibility index (Phi) is 3.79. The van der Waals surface area contributed by atoms with Crippen molar-refractivity contribution in [2.75, 3.05) is 19.6 Å². The zero-order valence-electron chi connectivity index (χ0n) is 11.9. The van der Waals surface area contributed by atoms with Crippen molar-refractivity contribution in [3.8, 4) is 0 Å². The molecule has 6 nitrogen and oxygen atoms in total. The maximum atomic E-state index is 13.2. The van der Waals surface area contributed by atoms with Gasteiger partial charge in [-0.25, -0.2) is 9.18 Å². The van der Waals surface area contributed by atoms with E-state index in [0.717, 1.165) is 0 Å². The van der Waals surface area contributed by atoms with Gasteiger partial charge in [0.25, 0.3) is 5.91 Å². The molecule has 0 aromatic heterocycles. The van der Waals surface area contributed by atoms with Crippen LogP contribution in [-0.4, -0.2) is 53.3 Å². The highest BCUT2D eigenvalue weighted by molar-refractivity contribution is 6.02. The molecule has 1 aromatic rings. The van der Waals surface area contributed by atoms with E-state index in [1.165, 1.54) is 23.1 Å². The van der Waals surface area contributed by atoms with Gasteiger partial charge in [-0.2, -0.15) is 0 Å². The summed E-state index contributed by atoms with van der Waals surface area (Å²) in [5, 5.41) is 2.50. The molecule has 2 aliphatic heterocycles. The van der Waals surface area contributed by atoms with E-state index >= 15 is 0 Å². The van der Waals surface area contributed by atoms with Gasteiger partial charge in [-0.3, -0.25) is 14.5 Å². The van der Waals surface area contributed by atoms with Gasteiger partial charge in [0.05, 0.1) is 6.54 Å². The van der Waals surface area contributed by atoms with Crippen molar-refractivity contribution < 1.29 is 18.8 Å². The lowest BCUT2D eigenvalue weighted by Gasteiger charge is -2.35. The van der Waals surface area contributed by atoms with E-state index in [1.54, 1.807) is 11.0 Å². The Morgan fingerprint density at radius 2 is 1.95 bits per heavy atom. The first-order valence-corrected chi connectivity index (χ1v) is 7.21. The molecule has 0 atom stereocenters. The molecule has 0 saturated carbocycles. The molecule has 4 amide bonds. The van der Waals surface area contributed by atoms with Gasteiger partial charge in [-0.05, 0) is 31.0 Å². The van der Waals surface area contributed by atoms with Gasteiger partial charge in [0.1, 0.15) is 5.82 Å². The van der Waals surface area contributed by atoms with Crippen LogP contribution in [0.3, 0.4) is 0 Å². The van der Waals surface area contributed by atoms with Crippen molar-refractivity contribution >= 4 is 17.8 Å². The number of urea groups is 1. The number of nitrogens with one attached hydrogen (secondary N) is 1. The number of nitrogens with zero attached hydrogens (tertiary/aromatic N) is 2. The van der Waals surface area contributed by atoms with E-state index < -0.39 is 5.82 Å². The smallest absolute Gasteiger partial charge is 0.324 e. The van der Waals surface area contributed by atoms with E-state index in [4.69, 9.17) is 0 Å². The minimum absolute atomic E-state index is 0.0429. The fourth-order valence-electron chi connectivity index (χ4n) is 2.94. The fourth-order valence-corrected chi connectivity index (χ4v) is 2.94. The summed E-state index contributed by atoms with van der Waals surface area (Å²) in [7, 11) is 0. The van der Waals surface area contributed by atoms with E-state index in [-0.39, 0.29) is 30.4 Å². The maximum absolute atomic E-state index is 13.2. The number of rotatable bonds is 2. The van der Waals surface area contributed by atoms with Gasteiger partial charge in [0.2, 0.25) is 5.91 Å². The number of hydrogen-bond acceptors (Lipinski definition) is 3. The molecule has 2 saturated heterocycles. The van der Waals surface area contributed by atoms with Crippen LogP contribution in [0.2, 0.25) is 0 Å². The summed E-state index contributed by atoms with van der Waals surface area (Å²) in [5.74, 6) is -0.893. The van der Waals surface area contributed by atoms with Crippen LogP contribution in [0.25, 0.3) is 0 Å². The lowest BCUT2D eigenvalue weighted by molar-refractivity contribution is -0.127. The average molecular weight is 305 g/mol. The third kappa shape index (κ3) is 2.66. The summed E-state index contributed by atoms with van der Waals surface area (Å²) < 4.78 is 13.2. The second-order valence-electron chi connectivity index (χ2n) is 5.46. The lowest BCUT2D eigenvalue weighted by Crippen LogP contribution is -2.49. The molecule has 116 valence electrons. The molecule has 7 heteroatoms. The number of carbonyl (C=O) groups is 3. The molecule has 0 aliphatic carbocycles. The van der Waals surface area contributed by atoms with Crippen molar-refractivity contribution in [3.63, 3.8) is 0 Å². The Bertz CT molecular complexity index is 610. The summed E-state index contributed by atoms with van der Waals surface area (Å²) in [5.41, 5.74) is 0.313. The Balaban J connectivity index is 1.63. The van der Waals surface area contributed by atoms with Crippen LogP contribution in [-0.2, 0) is 4.79 Å². The fraction of sp³-hybridized carbons (Fsp3) is 0.400. The number of halogens is 1. The quantitative estimate of drug-likeness (QED) is 0.828. The number of benzene rings is 1. The first-order valence-electron chi connectivity index (χ1n) is 7.21. The van der Waals surface area contributed by atoms with Crippen LogP contribution in [0.15, 0.2) is 24.3 Å². The molecule has 2 aliphatic rings. The van der Waals surface area contributed by atoms with Gasteiger partial charge in [0, 0.05) is 24.7 Å². The highest BCUT2D eigenvalue weighted by atomic mass is 19.1. The molecule has 0 unspecified atom stereocenters. The highest BCUT2D eigenvalue weighted by Crippen LogP contribution is 2.20. The Morgan fingerprint density at radius 1 is 1.23 bits per heavy atom. The van der Waals surface area contributed by atoms with E-state index in [0.29, 0.717) is 31.5 Å². The van der Waals surface area contributed by atoms with Crippen molar-refractivity contribution in [3.05, 3.63) is 35.6 Å². The highest BCUT2D eigenvalue weighted by Gasteiger charge is 2.37. The van der Waals surface area contributed by atoms with Crippen LogP contribution < -0.4 is 5.32 Å². The number of likely N-dealkylation sites (tertiary alicyclic amines) is 1. The first kappa shape index (κ1) is 14.5. The average Bonchev–Trinajstić information content (AvgIpc) is 2.86. The molecule has 2 heterocycles. The van der Waals surface area contributed by atoms with Crippen molar-refractivity contribution in [1.29, 1.82) is 0 Å². The summed E-state index contributed by atoms with van der Waals surface area (Å²) in [6.45, 7) is 0.926. The Morgan fingerprint density at radius 3 is 2.55 bits per heavy atom. The number of hydrogen-bond donors (Lipinski definition) is 1. The molecule has 3 rings (SSSR count). The molecule has 0 bridgehead atoms. The second-order valence-corrected chi connectivity index (χ2v) is 5.46. The number of carbonyl (C=O) groups excluding carboxylic acids is 3. The van der Waals surface area contributed by atoms with Gasteiger partial charge >= 0.3 is 6.03 Å². The van der Waals surface area contributed by atoms with Gasteiger partial charge in [-0.1, -0.05) is 6.07 Å². The van der Waals surface area contributed by atoms with Crippen LogP contribution in [0.1, 0.15) is 23.2 Å². The van der Waals surface area contributed by atoms with E-state index in [2.05, 4.69) is 5.32 Å². The van der Waals surface area contributed by atoms with Crippen molar-refractivity contribution in [1.82, 2.24) is 15.1 Å². The lowest BCUT2D eigenvalue weighted by atomic mass is 10.0. The Hall–Kier alpha value is -2.44. The second kappa shape index (κ2) is 5.75. The van der Waals surface area contributed by atoms with Gasteiger partial charge in [-0.15, -0.1) is 0 Å². The largest absolute Gasteiger partial charge is 0.338 e. The van der Waals surface area contributed by atoms with Crippen LogP contribution in [0.5, 0.6) is 0 Å². The molecule has 0 radical (unpaired) electrons. The summed E-state index contributed by atoms with van der Waals surface area (Å²) in [6.07, 6.45) is 1.08. The van der Waals surface area contributed by atoms with Gasteiger partial charge in [0.15, 0.2) is 0 Å². The number of amides is 4. The SMILES string of the molecule is O=C(c1cccc(F)c1)N1CCC(N2C(=O)CNC2=O)CC1.